The van der Waals surface area contributed by atoms with Gasteiger partial charge < -0.3 is 15.5 Å². The van der Waals surface area contributed by atoms with Gasteiger partial charge in [-0.2, -0.15) is 0 Å². The van der Waals surface area contributed by atoms with E-state index in [0.717, 1.165) is 37.1 Å². The minimum absolute atomic E-state index is 0.201. The summed E-state index contributed by atoms with van der Waals surface area (Å²) in [6.07, 6.45) is 3.49. The van der Waals surface area contributed by atoms with Gasteiger partial charge in [-0.15, -0.1) is 0 Å². The van der Waals surface area contributed by atoms with Crippen LogP contribution in [0, 0.1) is 5.92 Å². The second kappa shape index (κ2) is 10.2. The number of benzene rings is 2. The SMILES string of the molecule is O=C(O)CCCCC(CNc1ccccc1)Cc1ccc(C(=O)O)cc1. The van der Waals surface area contributed by atoms with E-state index in [1.165, 1.54) is 0 Å². The molecule has 0 saturated carbocycles. The van der Waals surface area contributed by atoms with Crippen molar-refractivity contribution in [2.24, 2.45) is 5.92 Å². The highest BCUT2D eigenvalue weighted by Crippen LogP contribution is 2.18. The summed E-state index contributed by atoms with van der Waals surface area (Å²) in [5.74, 6) is -1.33. The Morgan fingerprint density at radius 2 is 1.62 bits per heavy atom. The Hall–Kier alpha value is -2.82. The van der Waals surface area contributed by atoms with Crippen molar-refractivity contribution < 1.29 is 19.8 Å². The predicted molar refractivity (Wildman–Crippen MR) is 102 cm³/mol. The highest BCUT2D eigenvalue weighted by molar-refractivity contribution is 5.87. The van der Waals surface area contributed by atoms with E-state index >= 15 is 0 Å². The third-order valence-corrected chi connectivity index (χ3v) is 4.35. The monoisotopic (exact) mass is 355 g/mol. The van der Waals surface area contributed by atoms with E-state index < -0.39 is 11.9 Å². The molecule has 2 aromatic rings. The van der Waals surface area contributed by atoms with Crippen LogP contribution in [0.5, 0.6) is 0 Å². The van der Waals surface area contributed by atoms with E-state index in [4.69, 9.17) is 10.2 Å². The Morgan fingerprint density at radius 3 is 2.23 bits per heavy atom. The molecule has 0 bridgehead atoms. The molecule has 0 amide bonds. The molecule has 1 atom stereocenters. The molecule has 26 heavy (non-hydrogen) atoms. The van der Waals surface area contributed by atoms with E-state index in [1.54, 1.807) is 12.1 Å². The first-order valence-electron chi connectivity index (χ1n) is 8.87. The zero-order chi connectivity index (χ0) is 18.8. The summed E-state index contributed by atoms with van der Waals surface area (Å²) in [7, 11) is 0. The molecule has 138 valence electrons. The highest BCUT2D eigenvalue weighted by Gasteiger charge is 2.11. The van der Waals surface area contributed by atoms with Gasteiger partial charge in [0.2, 0.25) is 0 Å². The van der Waals surface area contributed by atoms with Gasteiger partial charge in [-0.25, -0.2) is 4.79 Å². The minimum Gasteiger partial charge on any atom is -0.481 e. The van der Waals surface area contributed by atoms with Crippen molar-refractivity contribution in [1.29, 1.82) is 0 Å². The normalized spacial score (nSPS) is 11.7. The quantitative estimate of drug-likeness (QED) is 0.523. The lowest BCUT2D eigenvalue weighted by Gasteiger charge is -2.18. The third kappa shape index (κ3) is 6.97. The largest absolute Gasteiger partial charge is 0.481 e. The van der Waals surface area contributed by atoms with Gasteiger partial charge in [-0.1, -0.05) is 36.8 Å². The molecule has 0 aliphatic carbocycles. The fourth-order valence-corrected chi connectivity index (χ4v) is 2.92. The van der Waals surface area contributed by atoms with Gasteiger partial charge in [0, 0.05) is 18.7 Å². The lowest BCUT2D eigenvalue weighted by atomic mass is 9.93. The van der Waals surface area contributed by atoms with Crippen LogP contribution in [0.3, 0.4) is 0 Å². The van der Waals surface area contributed by atoms with E-state index in [-0.39, 0.29) is 12.0 Å². The van der Waals surface area contributed by atoms with Crippen LogP contribution >= 0.6 is 0 Å². The van der Waals surface area contributed by atoms with Gasteiger partial charge >= 0.3 is 11.9 Å². The molecule has 2 rings (SSSR count). The van der Waals surface area contributed by atoms with Crippen LogP contribution < -0.4 is 5.32 Å². The number of unbranched alkanes of at least 4 members (excludes halogenated alkanes) is 1. The molecule has 0 aliphatic heterocycles. The molecule has 1 unspecified atom stereocenters. The maximum absolute atomic E-state index is 11.0. The highest BCUT2D eigenvalue weighted by atomic mass is 16.4. The van der Waals surface area contributed by atoms with E-state index in [2.05, 4.69) is 5.32 Å². The fraction of sp³-hybridized carbons (Fsp3) is 0.333. The summed E-state index contributed by atoms with van der Waals surface area (Å²) < 4.78 is 0. The van der Waals surface area contributed by atoms with Crippen molar-refractivity contribution in [1.82, 2.24) is 0 Å². The van der Waals surface area contributed by atoms with Crippen LogP contribution in [0.25, 0.3) is 0 Å². The number of carboxylic acids is 2. The van der Waals surface area contributed by atoms with Crippen molar-refractivity contribution >= 4 is 17.6 Å². The van der Waals surface area contributed by atoms with Crippen molar-refractivity contribution in [3.8, 4) is 0 Å². The number of anilines is 1. The predicted octanol–water partition coefficient (Wildman–Crippen LogP) is 4.30. The van der Waals surface area contributed by atoms with E-state index in [9.17, 15) is 9.59 Å². The summed E-state index contributed by atoms with van der Waals surface area (Å²) in [4.78, 5) is 21.6. The molecule has 0 radical (unpaired) electrons. The molecule has 0 fully saturated rings. The van der Waals surface area contributed by atoms with Crippen LogP contribution in [0.2, 0.25) is 0 Å². The molecule has 5 nitrogen and oxygen atoms in total. The van der Waals surface area contributed by atoms with Gasteiger partial charge in [-0.3, -0.25) is 4.79 Å². The molecule has 0 saturated heterocycles. The number of carbonyl (C=O) groups is 2. The Balaban J connectivity index is 1.94. The summed E-state index contributed by atoms with van der Waals surface area (Å²) in [6, 6.07) is 16.9. The molecule has 0 aromatic heterocycles. The first kappa shape index (κ1) is 19.5. The zero-order valence-corrected chi connectivity index (χ0v) is 14.7. The Kier molecular flexibility index (Phi) is 7.68. The zero-order valence-electron chi connectivity index (χ0n) is 14.7. The van der Waals surface area contributed by atoms with Crippen molar-refractivity contribution in [3.63, 3.8) is 0 Å². The number of rotatable bonds is 11. The topological polar surface area (TPSA) is 86.6 Å². The molecule has 0 heterocycles. The summed E-state index contributed by atoms with van der Waals surface area (Å²) >= 11 is 0. The first-order valence-corrected chi connectivity index (χ1v) is 8.87. The molecule has 3 N–H and O–H groups in total. The van der Waals surface area contributed by atoms with Crippen molar-refractivity contribution in [2.45, 2.75) is 32.1 Å². The van der Waals surface area contributed by atoms with Crippen LogP contribution in [-0.4, -0.2) is 28.7 Å². The summed E-state index contributed by atoms with van der Waals surface area (Å²) in [5.41, 5.74) is 2.44. The van der Waals surface area contributed by atoms with Gasteiger partial charge in [-0.05, 0) is 55.0 Å². The molecule has 0 aliphatic rings. The Morgan fingerprint density at radius 1 is 0.923 bits per heavy atom. The lowest BCUT2D eigenvalue weighted by molar-refractivity contribution is -0.137. The Bertz CT molecular complexity index is 698. The standard InChI is InChI=1S/C21H25NO4/c23-20(24)9-5-4-6-17(15-22-19-7-2-1-3-8-19)14-16-10-12-18(13-11-16)21(25)26/h1-3,7-8,10-13,17,22H,4-6,9,14-15H2,(H,23,24)(H,25,26). The number of hydrogen-bond acceptors (Lipinski definition) is 3. The summed E-state index contributed by atoms with van der Waals surface area (Å²) in [5, 5.41) is 21.2. The van der Waals surface area contributed by atoms with Gasteiger partial charge in [0.15, 0.2) is 0 Å². The second-order valence-corrected chi connectivity index (χ2v) is 6.46. The maximum Gasteiger partial charge on any atom is 0.335 e. The minimum atomic E-state index is -0.924. The number of aromatic carboxylic acids is 1. The van der Waals surface area contributed by atoms with Crippen molar-refractivity contribution in [2.75, 3.05) is 11.9 Å². The van der Waals surface area contributed by atoms with Gasteiger partial charge in [0.1, 0.15) is 0 Å². The van der Waals surface area contributed by atoms with Crippen molar-refractivity contribution in [3.05, 3.63) is 65.7 Å². The molecular formula is C21H25NO4. The van der Waals surface area contributed by atoms with Crippen LogP contribution in [0.1, 0.15) is 41.6 Å². The molecule has 5 heteroatoms. The average molecular weight is 355 g/mol. The number of nitrogens with one attached hydrogen (secondary N) is 1. The van der Waals surface area contributed by atoms with E-state index in [1.807, 2.05) is 42.5 Å². The number of aliphatic carboxylic acids is 1. The van der Waals surface area contributed by atoms with Crippen LogP contribution in [-0.2, 0) is 11.2 Å². The van der Waals surface area contributed by atoms with Gasteiger partial charge in [0.05, 0.1) is 5.56 Å². The van der Waals surface area contributed by atoms with Crippen LogP contribution in [0.4, 0.5) is 5.69 Å². The number of carboxylic acid groups (broad SMARTS) is 2. The Labute approximate surface area is 153 Å². The van der Waals surface area contributed by atoms with Crippen LogP contribution in [0.15, 0.2) is 54.6 Å². The second-order valence-electron chi connectivity index (χ2n) is 6.46. The molecule has 2 aromatic carbocycles. The number of hydrogen-bond donors (Lipinski definition) is 3. The van der Waals surface area contributed by atoms with E-state index in [0.29, 0.717) is 12.3 Å². The first-order chi connectivity index (χ1) is 12.5. The fourth-order valence-electron chi connectivity index (χ4n) is 2.92. The van der Waals surface area contributed by atoms with Gasteiger partial charge in [0.25, 0.3) is 0 Å². The lowest BCUT2D eigenvalue weighted by Crippen LogP contribution is -2.17. The smallest absolute Gasteiger partial charge is 0.335 e. The molecular weight excluding hydrogens is 330 g/mol. The number of para-hydroxylation sites is 1. The summed E-state index contributed by atoms with van der Waals surface area (Å²) in [6.45, 7) is 0.789. The average Bonchev–Trinajstić information content (AvgIpc) is 2.64. The maximum atomic E-state index is 11.0. The third-order valence-electron chi connectivity index (χ3n) is 4.35. The molecule has 0 spiro atoms.